The lowest BCUT2D eigenvalue weighted by Gasteiger charge is -2.08. The third-order valence-electron chi connectivity index (χ3n) is 2.79. The van der Waals surface area contributed by atoms with Crippen molar-refractivity contribution in [1.82, 2.24) is 15.3 Å². The van der Waals surface area contributed by atoms with E-state index < -0.39 is 10.0 Å². The summed E-state index contributed by atoms with van der Waals surface area (Å²) in [5.74, 6) is 0.300. The predicted octanol–water partition coefficient (Wildman–Crippen LogP) is 1.61. The van der Waals surface area contributed by atoms with Crippen molar-refractivity contribution in [3.63, 3.8) is 0 Å². The molecule has 0 unspecified atom stereocenters. The normalized spacial score (nSPS) is 11.4. The Bertz CT molecular complexity index is 707. The molecule has 0 bridgehead atoms. The first-order valence-corrected chi connectivity index (χ1v) is 7.96. The smallest absolute Gasteiger partial charge is 0.280 e. The number of nitrogens with one attached hydrogen (secondary N) is 2. The van der Waals surface area contributed by atoms with Gasteiger partial charge in [0.15, 0.2) is 5.03 Å². The molecule has 0 saturated carbocycles. The van der Waals surface area contributed by atoms with E-state index in [2.05, 4.69) is 20.0 Å². The average Bonchev–Trinajstić information content (AvgIpc) is 2.38. The Labute approximate surface area is 124 Å². The lowest BCUT2D eigenvalue weighted by atomic mass is 10.2. The van der Waals surface area contributed by atoms with Gasteiger partial charge in [-0.15, -0.1) is 0 Å². The Morgan fingerprint density at radius 2 is 1.95 bits per heavy atom. The minimum atomic E-state index is -3.72. The zero-order valence-corrected chi connectivity index (χ0v) is 13.0. The van der Waals surface area contributed by atoms with Crippen molar-refractivity contribution in [3.8, 4) is 0 Å². The number of nitrogens with zero attached hydrogens (tertiary/aromatic N) is 2. The number of rotatable bonds is 5. The van der Waals surface area contributed by atoms with Gasteiger partial charge in [-0.05, 0) is 50.2 Å². The van der Waals surface area contributed by atoms with Gasteiger partial charge in [0.2, 0.25) is 0 Å². The fraction of sp³-hybridized carbons (Fsp3) is 0.286. The van der Waals surface area contributed by atoms with Gasteiger partial charge >= 0.3 is 0 Å². The topological polar surface area (TPSA) is 84.0 Å². The van der Waals surface area contributed by atoms with Gasteiger partial charge in [-0.2, -0.15) is 8.42 Å². The molecule has 0 saturated heterocycles. The highest BCUT2D eigenvalue weighted by Crippen LogP contribution is 2.15. The van der Waals surface area contributed by atoms with Gasteiger partial charge < -0.3 is 5.32 Å². The van der Waals surface area contributed by atoms with Crippen LogP contribution < -0.4 is 10.0 Å². The number of aromatic nitrogens is 2. The molecular weight excluding hydrogens is 288 g/mol. The van der Waals surface area contributed by atoms with Crippen LogP contribution in [0.1, 0.15) is 16.8 Å². The summed E-state index contributed by atoms with van der Waals surface area (Å²) in [6.07, 6.45) is 1.54. The number of anilines is 1. The van der Waals surface area contributed by atoms with Gasteiger partial charge in [-0.25, -0.2) is 9.97 Å². The highest BCUT2D eigenvalue weighted by atomic mass is 32.2. The van der Waals surface area contributed by atoms with Gasteiger partial charge in [-0.1, -0.05) is 6.07 Å². The Morgan fingerprint density at radius 3 is 2.52 bits per heavy atom. The molecule has 0 amide bonds. The van der Waals surface area contributed by atoms with E-state index in [1.165, 1.54) is 6.07 Å². The summed E-state index contributed by atoms with van der Waals surface area (Å²) in [5.41, 5.74) is 2.61. The molecule has 2 heterocycles. The number of sulfonamides is 1. The molecule has 0 aliphatic carbocycles. The summed E-state index contributed by atoms with van der Waals surface area (Å²) in [7, 11) is -1.91. The van der Waals surface area contributed by atoms with Crippen molar-refractivity contribution >= 4 is 15.8 Å². The van der Waals surface area contributed by atoms with E-state index >= 15 is 0 Å². The maximum absolute atomic E-state index is 12.3. The molecule has 7 heteroatoms. The summed E-state index contributed by atoms with van der Waals surface area (Å²) in [6, 6.07) is 6.77. The standard InChI is InChI=1S/C14H18N4O2S/c1-10-6-11(2)17-13(7-10)18-21(19,20)14-5-4-12(8-15-3)9-16-14/h4-7,9,15H,8H2,1-3H3,(H,17,18). The molecule has 21 heavy (non-hydrogen) atoms. The largest absolute Gasteiger partial charge is 0.316 e. The Kier molecular flexibility index (Phi) is 4.54. The predicted molar refractivity (Wildman–Crippen MR) is 81.5 cm³/mol. The zero-order valence-electron chi connectivity index (χ0n) is 12.2. The molecule has 0 atom stereocenters. The molecule has 0 aliphatic heterocycles. The molecule has 0 radical (unpaired) electrons. The minimum absolute atomic E-state index is 0.0247. The van der Waals surface area contributed by atoms with Crippen LogP contribution in [0.15, 0.2) is 35.5 Å². The van der Waals surface area contributed by atoms with Crippen LogP contribution in [0.5, 0.6) is 0 Å². The number of hydrogen-bond donors (Lipinski definition) is 2. The first-order chi connectivity index (χ1) is 9.90. The SMILES string of the molecule is CNCc1ccc(S(=O)(=O)Nc2cc(C)cc(C)n2)nc1. The molecule has 0 aromatic carbocycles. The van der Waals surface area contributed by atoms with Gasteiger partial charge in [0.1, 0.15) is 5.82 Å². The van der Waals surface area contributed by atoms with Gasteiger partial charge in [0.25, 0.3) is 10.0 Å². The average molecular weight is 306 g/mol. The molecule has 2 aromatic heterocycles. The van der Waals surface area contributed by atoms with E-state index in [0.717, 1.165) is 16.8 Å². The van der Waals surface area contributed by atoms with E-state index in [0.29, 0.717) is 12.4 Å². The van der Waals surface area contributed by atoms with E-state index in [9.17, 15) is 8.42 Å². The molecule has 6 nitrogen and oxygen atoms in total. The van der Waals surface area contributed by atoms with Gasteiger partial charge in [-0.3, -0.25) is 4.72 Å². The second-order valence-electron chi connectivity index (χ2n) is 4.81. The van der Waals surface area contributed by atoms with Crippen molar-refractivity contribution in [2.24, 2.45) is 0 Å². The first kappa shape index (κ1) is 15.4. The molecule has 2 aromatic rings. The van der Waals surface area contributed by atoms with Crippen LogP contribution in [0.2, 0.25) is 0 Å². The monoisotopic (exact) mass is 306 g/mol. The van der Waals surface area contributed by atoms with Crippen LogP contribution in [0.3, 0.4) is 0 Å². The molecule has 0 spiro atoms. The second kappa shape index (κ2) is 6.19. The maximum atomic E-state index is 12.3. The van der Waals surface area contributed by atoms with E-state index in [1.54, 1.807) is 18.3 Å². The lowest BCUT2D eigenvalue weighted by molar-refractivity contribution is 0.597. The van der Waals surface area contributed by atoms with Crippen LogP contribution in [-0.2, 0) is 16.6 Å². The van der Waals surface area contributed by atoms with Crippen molar-refractivity contribution < 1.29 is 8.42 Å². The summed E-state index contributed by atoms with van der Waals surface area (Å²) >= 11 is 0. The van der Waals surface area contributed by atoms with Crippen LogP contribution in [0.4, 0.5) is 5.82 Å². The van der Waals surface area contributed by atoms with E-state index in [4.69, 9.17) is 0 Å². The second-order valence-corrected chi connectivity index (χ2v) is 6.44. The third-order valence-corrected chi connectivity index (χ3v) is 4.06. The maximum Gasteiger partial charge on any atom is 0.280 e. The summed E-state index contributed by atoms with van der Waals surface area (Å²) in [6.45, 7) is 4.34. The fourth-order valence-electron chi connectivity index (χ4n) is 1.96. The van der Waals surface area contributed by atoms with E-state index in [1.807, 2.05) is 27.0 Å². The summed E-state index contributed by atoms with van der Waals surface area (Å²) in [5, 5.41) is 2.95. The van der Waals surface area contributed by atoms with Gasteiger partial charge in [0, 0.05) is 18.4 Å². The highest BCUT2D eigenvalue weighted by Gasteiger charge is 2.16. The molecule has 2 rings (SSSR count). The van der Waals surface area contributed by atoms with Crippen molar-refractivity contribution in [2.45, 2.75) is 25.4 Å². The first-order valence-electron chi connectivity index (χ1n) is 6.48. The number of pyridine rings is 2. The highest BCUT2D eigenvalue weighted by molar-refractivity contribution is 7.92. The number of hydrogen-bond acceptors (Lipinski definition) is 5. The summed E-state index contributed by atoms with van der Waals surface area (Å²) in [4.78, 5) is 8.16. The van der Waals surface area contributed by atoms with Crippen molar-refractivity contribution in [2.75, 3.05) is 11.8 Å². The quantitative estimate of drug-likeness (QED) is 0.877. The Morgan fingerprint density at radius 1 is 1.19 bits per heavy atom. The summed E-state index contributed by atoms with van der Waals surface area (Å²) < 4.78 is 27.0. The van der Waals surface area contributed by atoms with Crippen LogP contribution in [0.25, 0.3) is 0 Å². The molecular formula is C14H18N4O2S. The number of aryl methyl sites for hydroxylation is 2. The minimum Gasteiger partial charge on any atom is -0.316 e. The molecule has 0 aliphatic rings. The van der Waals surface area contributed by atoms with Crippen LogP contribution in [0, 0.1) is 13.8 Å². The zero-order chi connectivity index (χ0) is 15.5. The molecule has 2 N–H and O–H groups in total. The Balaban J connectivity index is 2.25. The molecule has 0 fully saturated rings. The van der Waals surface area contributed by atoms with E-state index in [-0.39, 0.29) is 5.03 Å². The lowest BCUT2D eigenvalue weighted by Crippen LogP contribution is -2.16. The van der Waals surface area contributed by atoms with Crippen molar-refractivity contribution in [1.29, 1.82) is 0 Å². The van der Waals surface area contributed by atoms with Crippen LogP contribution in [-0.4, -0.2) is 25.4 Å². The molecule has 112 valence electrons. The fourth-order valence-corrected chi connectivity index (χ4v) is 2.89. The van der Waals surface area contributed by atoms with Crippen molar-refractivity contribution in [3.05, 3.63) is 47.3 Å². The third kappa shape index (κ3) is 3.99. The van der Waals surface area contributed by atoms with Gasteiger partial charge in [0.05, 0.1) is 0 Å². The van der Waals surface area contributed by atoms with Crippen LogP contribution >= 0.6 is 0 Å². The Hall–Kier alpha value is -1.99.